The third-order valence-electron chi connectivity index (χ3n) is 4.77. The highest BCUT2D eigenvalue weighted by Gasteiger charge is 2.31. The molecule has 0 saturated carbocycles. The van der Waals surface area contributed by atoms with Gasteiger partial charge in [-0.3, -0.25) is 0 Å². The summed E-state index contributed by atoms with van der Waals surface area (Å²) < 4.78 is 0.850. The van der Waals surface area contributed by atoms with Crippen molar-refractivity contribution in [3.8, 4) is 12.3 Å². The zero-order valence-corrected chi connectivity index (χ0v) is 13.5. The molecule has 0 N–H and O–H groups in total. The Labute approximate surface area is 120 Å². The van der Waals surface area contributed by atoms with E-state index in [1.807, 2.05) is 0 Å². The van der Waals surface area contributed by atoms with Crippen molar-refractivity contribution >= 4 is 0 Å². The van der Waals surface area contributed by atoms with E-state index in [1.165, 1.54) is 18.4 Å². The molecule has 0 aromatic rings. The minimum absolute atomic E-state index is 0.373. The summed E-state index contributed by atoms with van der Waals surface area (Å²) in [6, 6.07) is 0.446. The lowest BCUT2D eigenvalue weighted by molar-refractivity contribution is -0.899. The Morgan fingerprint density at radius 3 is 2.68 bits per heavy atom. The Morgan fingerprint density at radius 2 is 2.16 bits per heavy atom. The maximum Gasteiger partial charge on any atom is 0.140 e. The third kappa shape index (κ3) is 3.98. The van der Waals surface area contributed by atoms with E-state index >= 15 is 0 Å². The van der Waals surface area contributed by atoms with Crippen LogP contribution in [0.4, 0.5) is 0 Å². The molecule has 0 spiro atoms. The molecule has 1 heteroatoms. The quantitative estimate of drug-likeness (QED) is 0.407. The Hall–Kier alpha value is -1.00. The van der Waals surface area contributed by atoms with E-state index in [1.54, 1.807) is 0 Å². The average Bonchev–Trinajstić information content (AvgIpc) is 2.27. The highest BCUT2D eigenvalue weighted by Crippen LogP contribution is 2.41. The molecule has 19 heavy (non-hydrogen) atoms. The van der Waals surface area contributed by atoms with E-state index in [-0.39, 0.29) is 0 Å². The van der Waals surface area contributed by atoms with Gasteiger partial charge in [0.2, 0.25) is 0 Å². The standard InChI is InChI=1S/C18H30N/c1-8-14-19(6,7)16(3)11-12-17-15(2)10-9-13-18(17,4)5/h1,10-12,16-17H,9,13-14H2,2-7H3/q+1. The van der Waals surface area contributed by atoms with Crippen molar-refractivity contribution in [2.24, 2.45) is 11.3 Å². The fraction of sp³-hybridized carbons (Fsp3) is 0.667. The van der Waals surface area contributed by atoms with Gasteiger partial charge in [0.1, 0.15) is 12.6 Å². The van der Waals surface area contributed by atoms with Gasteiger partial charge < -0.3 is 4.48 Å². The second-order valence-electron chi connectivity index (χ2n) is 7.22. The van der Waals surface area contributed by atoms with Crippen LogP contribution in [-0.4, -0.2) is 31.2 Å². The molecule has 0 bridgehead atoms. The molecule has 0 saturated heterocycles. The van der Waals surface area contributed by atoms with Gasteiger partial charge in [0.25, 0.3) is 0 Å². The topological polar surface area (TPSA) is 0 Å². The van der Waals surface area contributed by atoms with Crippen LogP contribution in [-0.2, 0) is 0 Å². The second kappa shape index (κ2) is 5.97. The van der Waals surface area contributed by atoms with Gasteiger partial charge in [-0.1, -0.05) is 31.6 Å². The molecule has 0 aromatic carbocycles. The van der Waals surface area contributed by atoms with Gasteiger partial charge in [0, 0.05) is 5.92 Å². The largest absolute Gasteiger partial charge is 0.313 e. The molecule has 2 unspecified atom stereocenters. The lowest BCUT2D eigenvalue weighted by Crippen LogP contribution is -2.46. The van der Waals surface area contributed by atoms with Gasteiger partial charge >= 0.3 is 0 Å². The molecule has 1 aliphatic carbocycles. The SMILES string of the molecule is C#CC[N+](C)(C)C(C)C=CC1C(C)=CCCC1(C)C. The maximum absolute atomic E-state index is 5.46. The number of likely N-dealkylation sites (N-methyl/N-ethyl adjacent to an activating group) is 1. The molecule has 0 heterocycles. The van der Waals surface area contributed by atoms with E-state index < -0.39 is 0 Å². The summed E-state index contributed by atoms with van der Waals surface area (Å²) in [7, 11) is 4.40. The van der Waals surface area contributed by atoms with Gasteiger partial charge in [0.15, 0.2) is 0 Å². The number of terminal acetylenes is 1. The van der Waals surface area contributed by atoms with Crippen molar-refractivity contribution in [2.45, 2.75) is 46.6 Å². The number of allylic oxidation sites excluding steroid dienone is 3. The van der Waals surface area contributed by atoms with E-state index in [0.29, 0.717) is 17.4 Å². The number of quaternary nitrogens is 1. The molecular weight excluding hydrogens is 230 g/mol. The monoisotopic (exact) mass is 260 g/mol. The van der Waals surface area contributed by atoms with Gasteiger partial charge in [-0.05, 0) is 44.1 Å². The van der Waals surface area contributed by atoms with Crippen LogP contribution < -0.4 is 0 Å². The number of nitrogens with zero attached hydrogens (tertiary/aromatic N) is 1. The molecule has 106 valence electrons. The maximum atomic E-state index is 5.46. The van der Waals surface area contributed by atoms with Crippen LogP contribution in [0.25, 0.3) is 0 Å². The summed E-state index contributed by atoms with van der Waals surface area (Å²) in [6.07, 6.45) is 15.1. The van der Waals surface area contributed by atoms with Crippen molar-refractivity contribution in [1.82, 2.24) is 0 Å². The van der Waals surface area contributed by atoms with Gasteiger partial charge in [-0.2, -0.15) is 0 Å². The predicted molar refractivity (Wildman–Crippen MR) is 84.7 cm³/mol. The van der Waals surface area contributed by atoms with Gasteiger partial charge in [0.05, 0.1) is 14.1 Å². The van der Waals surface area contributed by atoms with Gasteiger partial charge in [-0.25, -0.2) is 0 Å². The van der Waals surface area contributed by atoms with Crippen LogP contribution in [0.15, 0.2) is 23.8 Å². The molecule has 1 aliphatic rings. The summed E-state index contributed by atoms with van der Waals surface area (Å²) in [4.78, 5) is 0. The Morgan fingerprint density at radius 1 is 1.53 bits per heavy atom. The molecule has 1 rings (SSSR count). The van der Waals surface area contributed by atoms with Crippen LogP contribution in [0, 0.1) is 23.7 Å². The third-order valence-corrected chi connectivity index (χ3v) is 4.77. The first-order chi connectivity index (χ1) is 8.70. The van der Waals surface area contributed by atoms with E-state index in [0.717, 1.165) is 11.0 Å². The minimum atomic E-state index is 0.373. The first-order valence-corrected chi connectivity index (χ1v) is 7.32. The highest BCUT2D eigenvalue weighted by atomic mass is 15.3. The average molecular weight is 260 g/mol. The Kier molecular flexibility index (Phi) is 5.04. The first kappa shape index (κ1) is 16.1. The van der Waals surface area contributed by atoms with E-state index in [9.17, 15) is 0 Å². The first-order valence-electron chi connectivity index (χ1n) is 7.32. The van der Waals surface area contributed by atoms with Crippen molar-refractivity contribution in [3.05, 3.63) is 23.8 Å². The summed E-state index contributed by atoms with van der Waals surface area (Å²) in [5.74, 6) is 3.34. The zero-order chi connectivity index (χ0) is 14.7. The van der Waals surface area contributed by atoms with Crippen molar-refractivity contribution in [1.29, 1.82) is 0 Å². The minimum Gasteiger partial charge on any atom is -0.313 e. The molecule has 0 fully saturated rings. The molecule has 0 aliphatic heterocycles. The van der Waals surface area contributed by atoms with Crippen molar-refractivity contribution in [3.63, 3.8) is 0 Å². The molecule has 0 radical (unpaired) electrons. The van der Waals surface area contributed by atoms with Crippen molar-refractivity contribution < 1.29 is 4.48 Å². The van der Waals surface area contributed by atoms with E-state index in [2.05, 4.69) is 65.9 Å². The number of rotatable bonds is 4. The van der Waals surface area contributed by atoms with Crippen molar-refractivity contribution in [2.75, 3.05) is 20.6 Å². The molecule has 2 atom stereocenters. The summed E-state index contributed by atoms with van der Waals surface area (Å²) >= 11 is 0. The Balaban J connectivity index is 2.83. The summed E-state index contributed by atoms with van der Waals surface area (Å²) in [5.41, 5.74) is 1.89. The number of hydrogen-bond donors (Lipinski definition) is 0. The van der Waals surface area contributed by atoms with Crippen LogP contribution >= 0.6 is 0 Å². The van der Waals surface area contributed by atoms with Gasteiger partial charge in [-0.15, -0.1) is 6.42 Å². The van der Waals surface area contributed by atoms with Crippen LogP contribution in [0.5, 0.6) is 0 Å². The second-order valence-corrected chi connectivity index (χ2v) is 7.22. The smallest absolute Gasteiger partial charge is 0.140 e. The van der Waals surface area contributed by atoms with E-state index in [4.69, 9.17) is 6.42 Å². The molecule has 0 amide bonds. The highest BCUT2D eigenvalue weighted by molar-refractivity contribution is 5.19. The molecule has 1 nitrogen and oxygen atoms in total. The number of hydrogen-bond acceptors (Lipinski definition) is 0. The fourth-order valence-electron chi connectivity index (χ4n) is 2.87. The van der Waals surface area contributed by atoms with Crippen LogP contribution in [0.1, 0.15) is 40.5 Å². The lowest BCUT2D eigenvalue weighted by atomic mass is 9.68. The normalized spacial score (nSPS) is 24.9. The molecule has 0 aromatic heterocycles. The van der Waals surface area contributed by atoms with Crippen LogP contribution in [0.2, 0.25) is 0 Å². The predicted octanol–water partition coefficient (Wildman–Crippen LogP) is 4.02. The fourth-order valence-corrected chi connectivity index (χ4v) is 2.87. The van der Waals surface area contributed by atoms with Crippen LogP contribution in [0.3, 0.4) is 0 Å². The summed E-state index contributed by atoms with van der Waals surface area (Å²) in [5, 5.41) is 0. The zero-order valence-electron chi connectivity index (χ0n) is 13.5. The Bertz CT molecular complexity index is 404. The lowest BCUT2D eigenvalue weighted by Gasteiger charge is -2.38. The summed E-state index contributed by atoms with van der Waals surface area (Å²) in [6.45, 7) is 10.0. The molecular formula is C18H30N+.